The van der Waals surface area contributed by atoms with E-state index < -0.39 is 18.0 Å². The highest BCUT2D eigenvalue weighted by Crippen LogP contribution is 2.16. The van der Waals surface area contributed by atoms with Crippen molar-refractivity contribution in [2.75, 3.05) is 0 Å². The van der Waals surface area contributed by atoms with Crippen molar-refractivity contribution in [3.05, 3.63) is 35.8 Å². The van der Waals surface area contributed by atoms with E-state index in [0.29, 0.717) is 0 Å². The van der Waals surface area contributed by atoms with Gasteiger partial charge in [-0.2, -0.15) is 0 Å². The fourth-order valence-corrected chi connectivity index (χ4v) is 1.48. The third kappa shape index (κ3) is 1.83. The molecule has 0 aromatic carbocycles. The number of aromatic nitrogens is 2. The molecule has 2 heterocycles. The topological polar surface area (TPSA) is 112 Å². The van der Waals surface area contributed by atoms with E-state index in [1.165, 1.54) is 28.8 Å². The highest BCUT2D eigenvalue weighted by molar-refractivity contribution is 5.86. The Morgan fingerprint density at radius 1 is 1.29 bits per heavy atom. The minimum Gasteiger partial charge on any atom is -0.479 e. The molecular weight excluding hydrogens is 228 g/mol. The van der Waals surface area contributed by atoms with Gasteiger partial charge in [-0.15, -0.1) is 0 Å². The molecule has 88 valence electrons. The number of hydrogen-bond donors (Lipinski definition) is 3. The summed E-state index contributed by atoms with van der Waals surface area (Å²) >= 11 is 0. The van der Waals surface area contributed by atoms with Gasteiger partial charge in [0.2, 0.25) is 0 Å². The first-order chi connectivity index (χ1) is 8.00. The van der Waals surface area contributed by atoms with Crippen LogP contribution in [-0.4, -0.2) is 36.6 Å². The Morgan fingerprint density at radius 3 is 2.59 bits per heavy atom. The standard InChI is InChI=1S/C10H8N2O5/c13-8(10(16)17)6-2-1-3-7-11-5(9(14)15)4-12(6)7/h1-4,8,13H,(H,14,15)(H,16,17). The van der Waals surface area contributed by atoms with Crippen LogP contribution in [0.4, 0.5) is 0 Å². The number of aliphatic hydroxyl groups excluding tert-OH is 1. The van der Waals surface area contributed by atoms with Crippen molar-refractivity contribution >= 4 is 17.6 Å². The molecule has 0 aliphatic heterocycles. The third-order valence-corrected chi connectivity index (χ3v) is 2.26. The summed E-state index contributed by atoms with van der Waals surface area (Å²) in [5, 5.41) is 26.9. The molecule has 2 aromatic rings. The predicted molar refractivity (Wildman–Crippen MR) is 54.7 cm³/mol. The molecule has 2 rings (SSSR count). The van der Waals surface area contributed by atoms with E-state index in [4.69, 9.17) is 10.2 Å². The number of hydrogen-bond acceptors (Lipinski definition) is 4. The van der Waals surface area contributed by atoms with Crippen molar-refractivity contribution in [3.8, 4) is 0 Å². The van der Waals surface area contributed by atoms with Crippen molar-refractivity contribution in [2.24, 2.45) is 0 Å². The first-order valence-electron chi connectivity index (χ1n) is 4.63. The lowest BCUT2D eigenvalue weighted by Crippen LogP contribution is -2.13. The third-order valence-electron chi connectivity index (χ3n) is 2.26. The number of nitrogens with zero attached hydrogens (tertiary/aromatic N) is 2. The summed E-state index contributed by atoms with van der Waals surface area (Å²) in [4.78, 5) is 25.2. The van der Waals surface area contributed by atoms with E-state index in [2.05, 4.69) is 4.98 Å². The van der Waals surface area contributed by atoms with Gasteiger partial charge in [0.15, 0.2) is 11.8 Å². The van der Waals surface area contributed by atoms with Crippen LogP contribution in [0.5, 0.6) is 0 Å². The molecule has 1 atom stereocenters. The fraction of sp³-hybridized carbons (Fsp3) is 0.100. The summed E-state index contributed by atoms with van der Waals surface area (Å²) < 4.78 is 1.24. The first kappa shape index (κ1) is 11.1. The van der Waals surface area contributed by atoms with Gasteiger partial charge in [-0.05, 0) is 12.1 Å². The zero-order chi connectivity index (χ0) is 12.6. The summed E-state index contributed by atoms with van der Waals surface area (Å²) in [5.74, 6) is -2.63. The van der Waals surface area contributed by atoms with Crippen molar-refractivity contribution in [2.45, 2.75) is 6.10 Å². The first-order valence-corrected chi connectivity index (χ1v) is 4.63. The van der Waals surface area contributed by atoms with Gasteiger partial charge < -0.3 is 15.3 Å². The second-order valence-electron chi connectivity index (χ2n) is 3.35. The number of carbonyl (C=O) groups is 2. The van der Waals surface area contributed by atoms with Crippen molar-refractivity contribution < 1.29 is 24.9 Å². The second kappa shape index (κ2) is 3.87. The van der Waals surface area contributed by atoms with E-state index in [1.807, 2.05) is 0 Å². The molecule has 0 fully saturated rings. The molecule has 7 nitrogen and oxygen atoms in total. The predicted octanol–water partition coefficient (Wildman–Crippen LogP) is 0.150. The summed E-state index contributed by atoms with van der Waals surface area (Å²) in [6.45, 7) is 0. The Morgan fingerprint density at radius 2 is 2.00 bits per heavy atom. The van der Waals surface area contributed by atoms with Gasteiger partial charge in [-0.1, -0.05) is 6.07 Å². The molecule has 3 N–H and O–H groups in total. The Balaban J connectivity index is 2.64. The van der Waals surface area contributed by atoms with Crippen molar-refractivity contribution in [3.63, 3.8) is 0 Å². The van der Waals surface area contributed by atoms with Crippen LogP contribution in [0.25, 0.3) is 5.65 Å². The van der Waals surface area contributed by atoms with Gasteiger partial charge in [-0.25, -0.2) is 14.6 Å². The average molecular weight is 236 g/mol. The van der Waals surface area contributed by atoms with Crippen LogP contribution in [-0.2, 0) is 4.79 Å². The summed E-state index contributed by atoms with van der Waals surface area (Å²) in [5.41, 5.74) is 0.102. The Bertz CT molecular complexity index is 604. The highest BCUT2D eigenvalue weighted by atomic mass is 16.4. The van der Waals surface area contributed by atoms with Crippen molar-refractivity contribution in [1.82, 2.24) is 9.38 Å². The molecule has 7 heteroatoms. The largest absolute Gasteiger partial charge is 0.479 e. The van der Waals surface area contributed by atoms with E-state index in [-0.39, 0.29) is 17.0 Å². The smallest absolute Gasteiger partial charge is 0.356 e. The van der Waals surface area contributed by atoms with Crippen LogP contribution in [0, 0.1) is 0 Å². The molecule has 0 radical (unpaired) electrons. The monoisotopic (exact) mass is 236 g/mol. The summed E-state index contributed by atoms with van der Waals surface area (Å²) in [6, 6.07) is 4.40. The van der Waals surface area contributed by atoms with Crippen LogP contribution >= 0.6 is 0 Å². The number of aliphatic carboxylic acids is 1. The van der Waals surface area contributed by atoms with E-state index in [0.717, 1.165) is 0 Å². The number of imidazole rings is 1. The maximum Gasteiger partial charge on any atom is 0.356 e. The Labute approximate surface area is 94.6 Å². The molecule has 0 spiro atoms. The minimum absolute atomic E-state index is 0.0509. The molecule has 17 heavy (non-hydrogen) atoms. The summed E-state index contributed by atoms with van der Waals surface area (Å²) in [7, 11) is 0. The number of fused-ring (bicyclic) bond motifs is 1. The van der Waals surface area contributed by atoms with Gasteiger partial charge in [-0.3, -0.25) is 4.40 Å². The quantitative estimate of drug-likeness (QED) is 0.699. The molecule has 0 saturated heterocycles. The molecule has 0 bridgehead atoms. The minimum atomic E-state index is -1.73. The fourth-order valence-electron chi connectivity index (χ4n) is 1.48. The normalized spacial score (nSPS) is 12.5. The zero-order valence-electron chi connectivity index (χ0n) is 8.44. The van der Waals surface area contributed by atoms with Gasteiger partial charge in [0.25, 0.3) is 0 Å². The second-order valence-corrected chi connectivity index (χ2v) is 3.35. The van der Waals surface area contributed by atoms with Crippen LogP contribution in [0.2, 0.25) is 0 Å². The van der Waals surface area contributed by atoms with Gasteiger partial charge in [0.1, 0.15) is 5.65 Å². The maximum atomic E-state index is 10.7. The van der Waals surface area contributed by atoms with Crippen LogP contribution in [0.15, 0.2) is 24.4 Å². The SMILES string of the molecule is O=C(O)c1cn2c(C(O)C(=O)O)cccc2n1. The number of pyridine rings is 1. The van der Waals surface area contributed by atoms with Gasteiger partial charge in [0.05, 0.1) is 5.69 Å². The lowest BCUT2D eigenvalue weighted by molar-refractivity contribution is -0.147. The number of aliphatic hydroxyl groups is 1. The lowest BCUT2D eigenvalue weighted by Gasteiger charge is -2.07. The molecule has 0 aliphatic rings. The Kier molecular flexibility index (Phi) is 2.52. The summed E-state index contributed by atoms with van der Waals surface area (Å²) in [6.07, 6.45) is -0.561. The van der Waals surface area contributed by atoms with E-state index in [1.54, 1.807) is 0 Å². The van der Waals surface area contributed by atoms with E-state index >= 15 is 0 Å². The van der Waals surface area contributed by atoms with E-state index in [9.17, 15) is 14.7 Å². The number of carboxylic acid groups (broad SMARTS) is 2. The lowest BCUT2D eigenvalue weighted by atomic mass is 10.2. The number of aromatic carboxylic acids is 1. The van der Waals surface area contributed by atoms with Crippen LogP contribution in [0.3, 0.4) is 0 Å². The molecular formula is C10H8N2O5. The Hall–Kier alpha value is -2.41. The number of carboxylic acids is 2. The van der Waals surface area contributed by atoms with Crippen LogP contribution < -0.4 is 0 Å². The molecule has 2 aromatic heterocycles. The van der Waals surface area contributed by atoms with Gasteiger partial charge >= 0.3 is 11.9 Å². The molecule has 0 saturated carbocycles. The molecule has 0 aliphatic carbocycles. The molecule has 1 unspecified atom stereocenters. The zero-order valence-corrected chi connectivity index (χ0v) is 8.44. The molecule has 0 amide bonds. The van der Waals surface area contributed by atoms with Crippen molar-refractivity contribution in [1.29, 1.82) is 0 Å². The van der Waals surface area contributed by atoms with Gasteiger partial charge in [0, 0.05) is 6.20 Å². The van der Waals surface area contributed by atoms with Crippen LogP contribution in [0.1, 0.15) is 22.3 Å². The average Bonchev–Trinajstić information content (AvgIpc) is 2.71. The maximum absolute atomic E-state index is 10.7. The number of rotatable bonds is 3. The highest BCUT2D eigenvalue weighted by Gasteiger charge is 2.20.